The molecule has 0 aromatic heterocycles. The van der Waals surface area contributed by atoms with E-state index in [9.17, 15) is 9.59 Å². The van der Waals surface area contributed by atoms with Gasteiger partial charge < -0.3 is 20.4 Å². The molecule has 0 spiro atoms. The molecule has 0 aliphatic carbocycles. The van der Waals surface area contributed by atoms with E-state index in [0.29, 0.717) is 0 Å². The maximum atomic E-state index is 10.3. The van der Waals surface area contributed by atoms with Gasteiger partial charge >= 0.3 is 11.9 Å². The van der Waals surface area contributed by atoms with E-state index in [1.807, 2.05) is 13.8 Å². The van der Waals surface area contributed by atoms with Crippen LogP contribution in [0.2, 0.25) is 0 Å². The number of allylic oxidation sites excluding steroid dienone is 2. The zero-order valence-electron chi connectivity index (χ0n) is 14.8. The highest BCUT2D eigenvalue weighted by atomic mass is 16.4. The standard InChI is InChI=1S/2C7H6O3.2C3H6/c2*8-6-4-2-1-3-5(6)7(9)10;2*1-3-2/h2*1-4,8H,(H,9,10);2*3H,1H2,2H3. The number of carboxylic acid groups (broad SMARTS) is 2. The molecule has 0 saturated carbocycles. The van der Waals surface area contributed by atoms with Crippen LogP contribution in [-0.4, -0.2) is 32.4 Å². The van der Waals surface area contributed by atoms with Gasteiger partial charge in [0.1, 0.15) is 22.6 Å². The Morgan fingerprint density at radius 2 is 0.962 bits per heavy atom. The number of para-hydroxylation sites is 2. The third-order valence-electron chi connectivity index (χ3n) is 2.27. The van der Waals surface area contributed by atoms with Crippen LogP contribution in [0.5, 0.6) is 11.5 Å². The number of rotatable bonds is 2. The second kappa shape index (κ2) is 15.0. The Labute approximate surface area is 153 Å². The first-order chi connectivity index (χ1) is 12.3. The summed E-state index contributed by atoms with van der Waals surface area (Å²) in [6, 6.07) is 11.6. The summed E-state index contributed by atoms with van der Waals surface area (Å²) in [5, 5.41) is 34.6. The highest BCUT2D eigenvalue weighted by molar-refractivity contribution is 5.91. The van der Waals surface area contributed by atoms with Gasteiger partial charge in [-0.1, -0.05) is 36.4 Å². The molecule has 0 atom stereocenters. The van der Waals surface area contributed by atoms with Crippen molar-refractivity contribution in [1.29, 1.82) is 0 Å². The van der Waals surface area contributed by atoms with Crippen molar-refractivity contribution >= 4 is 11.9 Å². The first-order valence-electron chi connectivity index (χ1n) is 7.43. The lowest BCUT2D eigenvalue weighted by molar-refractivity contribution is 0.0682. The molecule has 0 amide bonds. The van der Waals surface area contributed by atoms with Gasteiger partial charge in [0.15, 0.2) is 0 Å². The normalized spacial score (nSPS) is 8.08. The molecule has 2 aromatic rings. The highest BCUT2D eigenvalue weighted by Gasteiger charge is 2.06. The topological polar surface area (TPSA) is 115 Å². The number of aromatic carboxylic acids is 2. The minimum Gasteiger partial charge on any atom is -0.507 e. The van der Waals surface area contributed by atoms with Gasteiger partial charge in [0, 0.05) is 0 Å². The van der Waals surface area contributed by atoms with Crippen molar-refractivity contribution in [2.24, 2.45) is 0 Å². The zero-order chi connectivity index (χ0) is 20.5. The van der Waals surface area contributed by atoms with Crippen molar-refractivity contribution < 1.29 is 30.0 Å². The van der Waals surface area contributed by atoms with Gasteiger partial charge in [0.25, 0.3) is 0 Å². The molecule has 0 fully saturated rings. The molecule has 6 heteroatoms. The minimum atomic E-state index is -1.11. The number of carbonyl (C=O) groups is 2. The van der Waals surface area contributed by atoms with Crippen LogP contribution in [0.3, 0.4) is 0 Å². The molecule has 4 N–H and O–H groups in total. The second-order valence-corrected chi connectivity index (χ2v) is 4.46. The van der Waals surface area contributed by atoms with Crippen molar-refractivity contribution in [1.82, 2.24) is 0 Å². The van der Waals surface area contributed by atoms with E-state index in [-0.39, 0.29) is 22.6 Å². The maximum Gasteiger partial charge on any atom is 0.339 e. The summed E-state index contributed by atoms with van der Waals surface area (Å²) in [6.45, 7) is 10.5. The fraction of sp³-hybridized carbons (Fsp3) is 0.100. The summed E-state index contributed by atoms with van der Waals surface area (Å²) in [5.74, 6) is -2.62. The molecule has 2 rings (SSSR count). The third-order valence-corrected chi connectivity index (χ3v) is 2.27. The van der Waals surface area contributed by atoms with Crippen molar-refractivity contribution in [3.05, 3.63) is 85.0 Å². The van der Waals surface area contributed by atoms with Crippen LogP contribution in [0.4, 0.5) is 0 Å². The molecule has 0 radical (unpaired) electrons. The predicted octanol–water partition coefficient (Wildman–Crippen LogP) is 4.57. The van der Waals surface area contributed by atoms with E-state index in [2.05, 4.69) is 13.2 Å². The summed E-state index contributed by atoms with van der Waals surface area (Å²) in [7, 11) is 0. The Morgan fingerprint density at radius 3 is 1.12 bits per heavy atom. The van der Waals surface area contributed by atoms with E-state index in [1.165, 1.54) is 24.3 Å². The fourth-order valence-electron chi connectivity index (χ4n) is 1.31. The molecule has 26 heavy (non-hydrogen) atoms. The van der Waals surface area contributed by atoms with Crippen LogP contribution in [-0.2, 0) is 0 Å². The van der Waals surface area contributed by atoms with Crippen LogP contribution in [0.15, 0.2) is 73.8 Å². The van der Waals surface area contributed by atoms with Crippen LogP contribution < -0.4 is 0 Å². The van der Waals surface area contributed by atoms with Crippen molar-refractivity contribution in [3.8, 4) is 11.5 Å². The van der Waals surface area contributed by atoms with Crippen molar-refractivity contribution in [3.63, 3.8) is 0 Å². The van der Waals surface area contributed by atoms with Crippen molar-refractivity contribution in [2.75, 3.05) is 0 Å². The largest absolute Gasteiger partial charge is 0.507 e. The Morgan fingerprint density at radius 1 is 0.731 bits per heavy atom. The molecule has 6 nitrogen and oxygen atoms in total. The molecule has 140 valence electrons. The number of benzene rings is 2. The molecule has 0 unspecified atom stereocenters. The van der Waals surface area contributed by atoms with Gasteiger partial charge in [-0.3, -0.25) is 0 Å². The quantitative estimate of drug-likeness (QED) is 0.583. The second-order valence-electron chi connectivity index (χ2n) is 4.46. The van der Waals surface area contributed by atoms with E-state index in [4.69, 9.17) is 20.4 Å². The van der Waals surface area contributed by atoms with Gasteiger partial charge in [-0.15, -0.1) is 13.2 Å². The molecule has 0 heterocycles. The minimum absolute atomic E-state index is 0.0671. The Bertz CT molecular complexity index is 645. The van der Waals surface area contributed by atoms with E-state index in [0.717, 1.165) is 0 Å². The molecule has 2 aromatic carbocycles. The van der Waals surface area contributed by atoms with Crippen LogP contribution >= 0.6 is 0 Å². The smallest absolute Gasteiger partial charge is 0.339 e. The number of phenols is 2. The Hall–Kier alpha value is -3.54. The predicted molar refractivity (Wildman–Crippen MR) is 102 cm³/mol. The van der Waals surface area contributed by atoms with E-state index >= 15 is 0 Å². The third kappa shape index (κ3) is 11.1. The lowest BCUT2D eigenvalue weighted by Crippen LogP contribution is -1.95. The van der Waals surface area contributed by atoms with Gasteiger partial charge in [-0.05, 0) is 38.1 Å². The van der Waals surface area contributed by atoms with E-state index < -0.39 is 11.9 Å². The molecule has 0 aliphatic rings. The summed E-state index contributed by atoms with van der Waals surface area (Å²) in [5.41, 5.74) is -0.134. The first-order valence-corrected chi connectivity index (χ1v) is 7.43. The maximum absolute atomic E-state index is 10.3. The fourth-order valence-corrected chi connectivity index (χ4v) is 1.31. The van der Waals surface area contributed by atoms with Crippen LogP contribution in [0, 0.1) is 0 Å². The number of hydrogen-bond acceptors (Lipinski definition) is 4. The van der Waals surface area contributed by atoms with Gasteiger partial charge in [-0.25, -0.2) is 9.59 Å². The average Bonchev–Trinajstić information content (AvgIpc) is 2.57. The molecular formula is C20H24O6. The number of aromatic hydroxyl groups is 2. The monoisotopic (exact) mass is 360 g/mol. The lowest BCUT2D eigenvalue weighted by Gasteiger charge is -1.95. The lowest BCUT2D eigenvalue weighted by atomic mass is 10.2. The first kappa shape index (κ1) is 24.7. The van der Waals surface area contributed by atoms with E-state index in [1.54, 1.807) is 36.4 Å². The van der Waals surface area contributed by atoms with Crippen LogP contribution in [0.25, 0.3) is 0 Å². The Kier molecular flexibility index (Phi) is 14.3. The van der Waals surface area contributed by atoms with Gasteiger partial charge in [0.2, 0.25) is 0 Å². The summed E-state index contributed by atoms with van der Waals surface area (Å²) in [4.78, 5) is 20.5. The summed E-state index contributed by atoms with van der Waals surface area (Å²) in [6.07, 6.45) is 3.50. The Balaban J connectivity index is 0. The molecular weight excluding hydrogens is 336 g/mol. The molecule has 0 saturated heterocycles. The average molecular weight is 360 g/mol. The number of hydrogen-bond donors (Lipinski definition) is 4. The molecule has 0 aliphatic heterocycles. The van der Waals surface area contributed by atoms with Gasteiger partial charge in [-0.2, -0.15) is 0 Å². The zero-order valence-corrected chi connectivity index (χ0v) is 14.8. The van der Waals surface area contributed by atoms with Crippen molar-refractivity contribution in [2.45, 2.75) is 13.8 Å². The number of carboxylic acids is 2. The SMILES string of the molecule is C=CC.C=CC.O=C(O)c1ccccc1O.O=C(O)c1ccccc1O. The van der Waals surface area contributed by atoms with Gasteiger partial charge in [0.05, 0.1) is 0 Å². The molecule has 0 bridgehead atoms. The summed E-state index contributed by atoms with van der Waals surface area (Å²) < 4.78 is 0. The summed E-state index contributed by atoms with van der Waals surface area (Å²) >= 11 is 0. The van der Waals surface area contributed by atoms with Crippen LogP contribution in [0.1, 0.15) is 34.6 Å². The highest BCUT2D eigenvalue weighted by Crippen LogP contribution is 2.15.